The summed E-state index contributed by atoms with van der Waals surface area (Å²) in [5.74, 6) is -3.38. The van der Waals surface area contributed by atoms with Gasteiger partial charge in [-0.2, -0.15) is 0 Å². The molecule has 3 aromatic rings. The lowest BCUT2D eigenvalue weighted by molar-refractivity contribution is -0.142. The van der Waals surface area contributed by atoms with Crippen molar-refractivity contribution in [1.29, 1.82) is 0 Å². The van der Waals surface area contributed by atoms with Gasteiger partial charge < -0.3 is 45.9 Å². The summed E-state index contributed by atoms with van der Waals surface area (Å²) in [6, 6.07) is 17.1. The molecule has 0 saturated carbocycles. The van der Waals surface area contributed by atoms with E-state index in [9.17, 15) is 39.0 Å². The Morgan fingerprint density at radius 1 is 0.904 bits per heavy atom. The van der Waals surface area contributed by atoms with Crippen LogP contribution in [-0.4, -0.2) is 109 Å². The molecule has 0 aromatic heterocycles. The Labute approximate surface area is 432 Å². The maximum atomic E-state index is 14.6. The lowest BCUT2D eigenvalue weighted by atomic mass is 9.93. The summed E-state index contributed by atoms with van der Waals surface area (Å²) in [7, 11) is 4.39. The van der Waals surface area contributed by atoms with Crippen molar-refractivity contribution < 1.29 is 48.5 Å². The Morgan fingerprint density at radius 3 is 2.16 bits per heavy atom. The fraction of sp³-hybridized carbons (Fsp3) is 0.483. The van der Waals surface area contributed by atoms with Gasteiger partial charge in [-0.05, 0) is 105 Å². The number of ether oxygens (including phenoxy) is 2. The molecule has 396 valence electrons. The number of hydrogen-bond donors (Lipinski definition) is 6. The number of carboxylic acids is 1. The number of carboxylic acid groups (broad SMARTS) is 1. The smallest absolute Gasteiger partial charge is 0.326 e. The Hall–Kier alpha value is -6.74. The zero-order valence-corrected chi connectivity index (χ0v) is 44.1. The van der Waals surface area contributed by atoms with Crippen LogP contribution in [-0.2, 0) is 41.6 Å². The predicted octanol–water partition coefficient (Wildman–Crippen LogP) is 8.24. The molecule has 1 aliphatic heterocycles. The fourth-order valence-electron chi connectivity index (χ4n) is 8.82. The molecule has 4 rings (SSSR count). The third kappa shape index (κ3) is 19.0. The van der Waals surface area contributed by atoms with Crippen molar-refractivity contribution in [2.75, 3.05) is 34.4 Å². The van der Waals surface area contributed by atoms with Gasteiger partial charge in [-0.1, -0.05) is 120 Å². The second-order valence-electron chi connectivity index (χ2n) is 19.5. The third-order valence-electron chi connectivity index (χ3n) is 13.1. The highest BCUT2D eigenvalue weighted by Crippen LogP contribution is 2.33. The number of amides is 5. The molecular weight excluding hydrogens is 927 g/mol. The number of aliphatic carboxylic acids is 1. The minimum atomic E-state index is -1.39. The van der Waals surface area contributed by atoms with Gasteiger partial charge in [0.25, 0.3) is 5.91 Å². The highest BCUT2D eigenvalue weighted by molar-refractivity contribution is 5.97. The monoisotopic (exact) mass is 1010 g/mol. The van der Waals surface area contributed by atoms with E-state index in [0.717, 1.165) is 62.5 Å². The molecule has 0 radical (unpaired) electrons. The summed E-state index contributed by atoms with van der Waals surface area (Å²) in [5.41, 5.74) is 4.92. The highest BCUT2D eigenvalue weighted by atomic mass is 16.5. The molecule has 0 fully saturated rings. The summed E-state index contributed by atoms with van der Waals surface area (Å²) < 4.78 is 11.4. The number of aliphatic hydroxyl groups is 1. The number of likely N-dealkylation sites (N-methyl/N-ethyl adjacent to an activating group) is 1. The molecule has 3 unspecified atom stereocenters. The number of methoxy groups -OCH3 is 2. The average Bonchev–Trinajstić information content (AvgIpc) is 3.37. The number of allylic oxidation sites excluding steroid dienone is 3. The van der Waals surface area contributed by atoms with E-state index >= 15 is 0 Å². The topological polar surface area (TPSA) is 213 Å². The second kappa shape index (κ2) is 29.7. The zero-order valence-electron chi connectivity index (χ0n) is 44.1. The van der Waals surface area contributed by atoms with Crippen LogP contribution < -0.4 is 26.0 Å². The Morgan fingerprint density at radius 2 is 1.55 bits per heavy atom. The molecule has 1 aliphatic rings. The molecule has 73 heavy (non-hydrogen) atoms. The lowest BCUT2D eigenvalue weighted by Crippen LogP contribution is -2.56. The first-order valence-corrected chi connectivity index (χ1v) is 25.7. The highest BCUT2D eigenvalue weighted by Gasteiger charge is 2.35. The van der Waals surface area contributed by atoms with E-state index in [0.29, 0.717) is 40.2 Å². The van der Waals surface area contributed by atoms with E-state index in [-0.39, 0.29) is 37.3 Å². The first-order chi connectivity index (χ1) is 34.9. The van der Waals surface area contributed by atoms with E-state index in [1.54, 1.807) is 43.3 Å². The largest absolute Gasteiger partial charge is 0.501 e. The van der Waals surface area contributed by atoms with Gasteiger partial charge in [0.1, 0.15) is 29.6 Å². The van der Waals surface area contributed by atoms with Gasteiger partial charge in [0.15, 0.2) is 0 Å². The van der Waals surface area contributed by atoms with Crippen molar-refractivity contribution in [1.82, 2.24) is 26.2 Å². The number of carbonyl (C=O) groups is 6. The Bertz CT molecular complexity index is 2400. The Balaban J connectivity index is 1.45. The van der Waals surface area contributed by atoms with Crippen LogP contribution in [0.2, 0.25) is 0 Å². The van der Waals surface area contributed by atoms with Crippen LogP contribution in [0.3, 0.4) is 0 Å². The summed E-state index contributed by atoms with van der Waals surface area (Å²) >= 11 is 0. The van der Waals surface area contributed by atoms with Crippen molar-refractivity contribution in [2.24, 2.45) is 0 Å². The van der Waals surface area contributed by atoms with Crippen molar-refractivity contribution in [3.05, 3.63) is 119 Å². The number of unbranched alkanes of at least 4 members (excludes halogenated alkanes) is 8. The summed E-state index contributed by atoms with van der Waals surface area (Å²) in [4.78, 5) is 82.3. The van der Waals surface area contributed by atoms with Gasteiger partial charge in [-0.15, -0.1) is 0 Å². The van der Waals surface area contributed by atoms with E-state index in [4.69, 9.17) is 9.47 Å². The van der Waals surface area contributed by atoms with Gasteiger partial charge in [0.05, 0.1) is 26.4 Å². The number of aryl methyl sites for hydroxylation is 1. The van der Waals surface area contributed by atoms with Gasteiger partial charge >= 0.3 is 5.97 Å². The number of carbonyl (C=O) groups excluding carboxylic acids is 5. The molecule has 15 heteroatoms. The van der Waals surface area contributed by atoms with Crippen LogP contribution >= 0.6 is 0 Å². The number of rotatable bonds is 26. The molecule has 6 N–H and O–H groups in total. The van der Waals surface area contributed by atoms with Crippen LogP contribution in [0.4, 0.5) is 0 Å². The molecular formula is C58H79N5O10. The fourth-order valence-corrected chi connectivity index (χ4v) is 8.82. The number of nitrogens with zero attached hydrogens (tertiary/aromatic N) is 1. The number of benzene rings is 3. The second-order valence-corrected chi connectivity index (χ2v) is 19.5. The van der Waals surface area contributed by atoms with Crippen LogP contribution in [0.25, 0.3) is 16.7 Å². The van der Waals surface area contributed by atoms with Crippen LogP contribution in [0.1, 0.15) is 138 Å². The van der Waals surface area contributed by atoms with E-state index in [2.05, 4.69) is 59.0 Å². The first kappa shape index (κ1) is 58.8. The quantitative estimate of drug-likeness (QED) is 0.0335. The maximum absolute atomic E-state index is 14.6. The van der Waals surface area contributed by atoms with Gasteiger partial charge in [0, 0.05) is 43.1 Å². The van der Waals surface area contributed by atoms with Crippen LogP contribution in [0.5, 0.6) is 5.75 Å². The summed E-state index contributed by atoms with van der Waals surface area (Å²) in [6.07, 6.45) is 15.2. The summed E-state index contributed by atoms with van der Waals surface area (Å²) in [5, 5.41) is 30.6. The van der Waals surface area contributed by atoms with Crippen LogP contribution in [0, 0.1) is 0 Å². The van der Waals surface area contributed by atoms with Gasteiger partial charge in [-0.3, -0.25) is 24.0 Å². The molecule has 15 nitrogen and oxygen atoms in total. The third-order valence-corrected chi connectivity index (χ3v) is 13.1. The standard InChI is InChI=1S/C58H79N5O10/c1-9-11-12-18-21-48(61-51(64)32-34-59-54(66)45-29-27-44(28-30-45)43-25-22-40(23-26-43)20-17-15-13-14-16-19-33-58(4,5)71)56(68)63(6)53-42(10-2)37-46(39(3)72-7)47-35-41(24-31-50(47)73-8)36-49(57(69)70)62-52(65)38-60-55(53)67/h10,22-31,35,37,48-49,53,71H,2,9,11-21,32-34,36,38H2,1,3-8H3,(H,59,66)(H,60,67)(H,61,64)(H,62,65)(H,69,70). The molecule has 5 amide bonds. The molecule has 0 saturated heterocycles. The Kier molecular flexibility index (Phi) is 23.9. The first-order valence-electron chi connectivity index (χ1n) is 25.7. The van der Waals surface area contributed by atoms with Crippen molar-refractivity contribution in [2.45, 2.75) is 148 Å². The predicted molar refractivity (Wildman–Crippen MR) is 286 cm³/mol. The molecule has 0 spiro atoms. The minimum absolute atomic E-state index is 0.000326. The zero-order chi connectivity index (χ0) is 53.5. The van der Waals surface area contributed by atoms with Gasteiger partial charge in [0.2, 0.25) is 23.6 Å². The number of nitrogens with one attached hydrogen (secondary N) is 4. The molecule has 3 atom stereocenters. The van der Waals surface area contributed by atoms with Crippen LogP contribution in [0.15, 0.2) is 96.8 Å². The van der Waals surface area contributed by atoms with Crippen molar-refractivity contribution in [3.63, 3.8) is 0 Å². The summed E-state index contributed by atoms with van der Waals surface area (Å²) in [6.45, 7) is 10.9. The van der Waals surface area contributed by atoms with Crippen molar-refractivity contribution >= 4 is 41.1 Å². The number of hydrogen-bond acceptors (Lipinski definition) is 9. The molecule has 2 bridgehead atoms. The average molecular weight is 1010 g/mol. The lowest BCUT2D eigenvalue weighted by Gasteiger charge is -2.32. The molecule has 0 aliphatic carbocycles. The van der Waals surface area contributed by atoms with E-state index in [1.165, 1.54) is 57.1 Å². The maximum Gasteiger partial charge on any atom is 0.326 e. The van der Waals surface area contributed by atoms with E-state index in [1.807, 2.05) is 26.0 Å². The normalized spacial score (nSPS) is 16.4. The van der Waals surface area contributed by atoms with E-state index < -0.39 is 59.9 Å². The molecule has 1 heterocycles. The molecule has 3 aromatic carbocycles. The minimum Gasteiger partial charge on any atom is -0.501 e. The van der Waals surface area contributed by atoms with Crippen molar-refractivity contribution in [3.8, 4) is 16.9 Å². The SMILES string of the molecule is C=CC1=CC(=C(C)OC)c2cc(ccc2OC)CC(C(=O)O)NC(=O)CNC(=O)C1N(C)C(=O)C(CCCCCC)NC(=O)CCNC(=O)c1ccc(-c2ccc(CCCCCCCCC(C)(C)O)cc2)cc1. The number of fused-ring (bicyclic) bond motifs is 2. The van der Waals surface area contributed by atoms with Gasteiger partial charge in [-0.25, -0.2) is 4.79 Å².